The van der Waals surface area contributed by atoms with E-state index in [9.17, 15) is 20.4 Å². The van der Waals surface area contributed by atoms with Crippen LogP contribution in [0.5, 0.6) is 0 Å². The standard InChI is InChI=1S/C25H39N3O5/c1-14(5-8-22(29)33-4)17-6-7-18-23-19(13-21(28-32)25(17,18)3)24(2)10-9-16(26-30)11-15(24)12-20(23)27-31/h14-15,17-19,23,30-32H,5-13H2,1-4H3/t14-,15+,17?,18+,19?,23+,24?,25?/m1/s1. The van der Waals surface area contributed by atoms with E-state index in [0.717, 1.165) is 55.7 Å². The van der Waals surface area contributed by atoms with Crippen molar-refractivity contribution in [2.45, 2.75) is 78.6 Å². The van der Waals surface area contributed by atoms with Crippen molar-refractivity contribution in [3.8, 4) is 0 Å². The predicted octanol–water partition coefficient (Wildman–Crippen LogP) is 4.95. The van der Waals surface area contributed by atoms with E-state index in [1.165, 1.54) is 7.11 Å². The lowest BCUT2D eigenvalue weighted by Gasteiger charge is -2.60. The molecule has 4 fully saturated rings. The Kier molecular flexibility index (Phi) is 6.49. The third-order valence-electron chi connectivity index (χ3n) is 10.4. The molecule has 3 N–H and O–H groups in total. The van der Waals surface area contributed by atoms with E-state index >= 15 is 0 Å². The molecule has 4 unspecified atom stereocenters. The van der Waals surface area contributed by atoms with Gasteiger partial charge in [-0.2, -0.15) is 0 Å². The number of fused-ring (bicyclic) bond motifs is 5. The first-order chi connectivity index (χ1) is 15.7. The molecule has 0 heterocycles. The second-order valence-corrected chi connectivity index (χ2v) is 11.4. The third kappa shape index (κ3) is 3.64. The van der Waals surface area contributed by atoms with E-state index in [4.69, 9.17) is 4.74 Å². The Morgan fingerprint density at radius 2 is 1.85 bits per heavy atom. The van der Waals surface area contributed by atoms with E-state index < -0.39 is 0 Å². The van der Waals surface area contributed by atoms with Crippen molar-refractivity contribution in [3.05, 3.63) is 0 Å². The number of methoxy groups -OCH3 is 1. The lowest BCUT2D eigenvalue weighted by molar-refractivity contribution is -0.141. The van der Waals surface area contributed by atoms with Gasteiger partial charge in [-0.1, -0.05) is 36.2 Å². The zero-order chi connectivity index (χ0) is 24.0. The molecule has 0 radical (unpaired) electrons. The zero-order valence-corrected chi connectivity index (χ0v) is 20.3. The lowest BCUT2D eigenvalue weighted by atomic mass is 9.43. The molecule has 4 aliphatic carbocycles. The number of nitrogens with zero attached hydrogens (tertiary/aromatic N) is 3. The molecule has 0 aromatic heterocycles. The Morgan fingerprint density at radius 1 is 1.09 bits per heavy atom. The van der Waals surface area contributed by atoms with Gasteiger partial charge in [-0.3, -0.25) is 4.79 Å². The SMILES string of the molecule is COC(=O)CC[C@@H](C)C1CC[C@H]2[C@@H]3C(=NO)C[C@@H]4CC(=NO)CCC4(C)C3CC(=NO)C12C. The predicted molar refractivity (Wildman–Crippen MR) is 124 cm³/mol. The monoisotopic (exact) mass is 461 g/mol. The summed E-state index contributed by atoms with van der Waals surface area (Å²) in [4.78, 5) is 11.7. The van der Waals surface area contributed by atoms with Crippen molar-refractivity contribution in [2.75, 3.05) is 7.11 Å². The van der Waals surface area contributed by atoms with Crippen LogP contribution < -0.4 is 0 Å². The van der Waals surface area contributed by atoms with Crippen LogP contribution in [0.4, 0.5) is 0 Å². The summed E-state index contributed by atoms with van der Waals surface area (Å²) in [5, 5.41) is 40.9. The maximum Gasteiger partial charge on any atom is 0.305 e. The van der Waals surface area contributed by atoms with E-state index in [1.54, 1.807) is 0 Å². The van der Waals surface area contributed by atoms with Crippen molar-refractivity contribution >= 4 is 23.1 Å². The molecular weight excluding hydrogens is 422 g/mol. The number of carbonyl (C=O) groups excluding carboxylic acids is 1. The van der Waals surface area contributed by atoms with Crippen LogP contribution in [0.15, 0.2) is 15.5 Å². The van der Waals surface area contributed by atoms with Gasteiger partial charge in [0.05, 0.1) is 24.2 Å². The minimum atomic E-state index is -0.295. The number of oxime groups is 3. The fraction of sp³-hybridized carbons (Fsp3) is 0.840. The fourth-order valence-corrected chi connectivity index (χ4v) is 8.45. The summed E-state index contributed by atoms with van der Waals surface area (Å²) >= 11 is 0. The average molecular weight is 462 g/mol. The number of hydrogen-bond acceptors (Lipinski definition) is 8. The highest BCUT2D eigenvalue weighted by Crippen LogP contribution is 2.66. The number of ether oxygens (including phenoxy) is 1. The Hall–Kier alpha value is -2.12. The van der Waals surface area contributed by atoms with Gasteiger partial charge in [0.15, 0.2) is 0 Å². The topological polar surface area (TPSA) is 124 Å². The van der Waals surface area contributed by atoms with Crippen molar-refractivity contribution in [1.29, 1.82) is 0 Å². The van der Waals surface area contributed by atoms with Gasteiger partial charge in [-0.25, -0.2) is 0 Å². The first kappa shape index (κ1) is 24.0. The van der Waals surface area contributed by atoms with Crippen LogP contribution in [-0.2, 0) is 9.53 Å². The quantitative estimate of drug-likeness (QED) is 0.311. The van der Waals surface area contributed by atoms with E-state index in [0.29, 0.717) is 25.2 Å². The smallest absolute Gasteiger partial charge is 0.305 e. The van der Waals surface area contributed by atoms with Crippen molar-refractivity contribution in [2.24, 2.45) is 61.8 Å². The molecule has 4 rings (SSSR count). The minimum Gasteiger partial charge on any atom is -0.469 e. The molecule has 0 aromatic rings. The summed E-state index contributed by atoms with van der Waals surface area (Å²) in [7, 11) is 1.42. The van der Waals surface area contributed by atoms with Gasteiger partial charge in [0, 0.05) is 17.8 Å². The molecule has 33 heavy (non-hydrogen) atoms. The second-order valence-electron chi connectivity index (χ2n) is 11.4. The summed E-state index contributed by atoms with van der Waals surface area (Å²) in [5.74, 6) is 1.27. The molecule has 8 heteroatoms. The number of rotatable bonds is 4. The van der Waals surface area contributed by atoms with Crippen LogP contribution >= 0.6 is 0 Å². The van der Waals surface area contributed by atoms with Gasteiger partial charge >= 0.3 is 5.97 Å². The van der Waals surface area contributed by atoms with Gasteiger partial charge in [-0.05, 0) is 86.4 Å². The van der Waals surface area contributed by atoms with Crippen LogP contribution in [-0.4, -0.2) is 45.8 Å². The number of carbonyl (C=O) groups is 1. The Bertz CT molecular complexity index is 870. The maximum absolute atomic E-state index is 11.7. The molecule has 0 bridgehead atoms. The van der Waals surface area contributed by atoms with Gasteiger partial charge < -0.3 is 20.4 Å². The molecule has 0 spiro atoms. The third-order valence-corrected chi connectivity index (χ3v) is 10.4. The fourth-order valence-electron chi connectivity index (χ4n) is 8.45. The van der Waals surface area contributed by atoms with Crippen LogP contribution in [0.2, 0.25) is 0 Å². The van der Waals surface area contributed by atoms with Crippen LogP contribution in [0.1, 0.15) is 78.6 Å². The number of hydrogen-bond donors (Lipinski definition) is 3. The maximum atomic E-state index is 11.7. The lowest BCUT2D eigenvalue weighted by Crippen LogP contribution is -2.60. The molecule has 184 valence electrons. The van der Waals surface area contributed by atoms with Crippen LogP contribution in [0.25, 0.3) is 0 Å². The molecule has 0 saturated heterocycles. The summed E-state index contributed by atoms with van der Waals surface area (Å²) in [6.45, 7) is 6.76. The van der Waals surface area contributed by atoms with E-state index in [2.05, 4.69) is 36.2 Å². The molecule has 0 aliphatic heterocycles. The van der Waals surface area contributed by atoms with Crippen molar-refractivity contribution in [1.82, 2.24) is 0 Å². The van der Waals surface area contributed by atoms with E-state index in [-0.39, 0.29) is 46.4 Å². The normalized spacial score (nSPS) is 44.8. The largest absolute Gasteiger partial charge is 0.469 e. The van der Waals surface area contributed by atoms with Crippen LogP contribution in [0.3, 0.4) is 0 Å². The van der Waals surface area contributed by atoms with E-state index in [1.807, 2.05) is 0 Å². The second kappa shape index (κ2) is 8.91. The van der Waals surface area contributed by atoms with Gasteiger partial charge in [0.25, 0.3) is 0 Å². The highest BCUT2D eigenvalue weighted by Gasteiger charge is 2.65. The molecule has 8 nitrogen and oxygen atoms in total. The van der Waals surface area contributed by atoms with Gasteiger partial charge in [0.1, 0.15) is 0 Å². The molecule has 0 aromatic carbocycles. The summed E-state index contributed by atoms with van der Waals surface area (Å²) in [5.41, 5.74) is 2.26. The highest BCUT2D eigenvalue weighted by molar-refractivity contribution is 5.97. The molecule has 4 aliphatic rings. The zero-order valence-electron chi connectivity index (χ0n) is 20.3. The first-order valence-electron chi connectivity index (χ1n) is 12.4. The van der Waals surface area contributed by atoms with Gasteiger partial charge in [-0.15, -0.1) is 0 Å². The molecular formula is C25H39N3O5. The Labute approximate surface area is 196 Å². The Morgan fingerprint density at radius 3 is 2.48 bits per heavy atom. The molecule has 4 saturated carbocycles. The molecule has 0 amide bonds. The van der Waals surface area contributed by atoms with Crippen LogP contribution in [0, 0.1) is 46.3 Å². The first-order valence-corrected chi connectivity index (χ1v) is 12.4. The molecule has 8 atom stereocenters. The van der Waals surface area contributed by atoms with Crippen molar-refractivity contribution < 1.29 is 25.2 Å². The Balaban J connectivity index is 1.67. The highest BCUT2D eigenvalue weighted by atomic mass is 16.5. The minimum absolute atomic E-state index is 0.0128. The average Bonchev–Trinajstić information content (AvgIpc) is 3.18. The summed E-state index contributed by atoms with van der Waals surface area (Å²) in [6, 6.07) is 0. The summed E-state index contributed by atoms with van der Waals surface area (Å²) in [6.07, 6.45) is 6.97. The van der Waals surface area contributed by atoms with Crippen molar-refractivity contribution in [3.63, 3.8) is 0 Å². The van der Waals surface area contributed by atoms with Gasteiger partial charge in [0.2, 0.25) is 0 Å². The summed E-state index contributed by atoms with van der Waals surface area (Å²) < 4.78 is 4.84. The number of esters is 1.